The molecule has 0 fully saturated rings. The highest BCUT2D eigenvalue weighted by molar-refractivity contribution is 5.63. The number of ether oxygens (including phenoxy) is 1. The van der Waals surface area contributed by atoms with E-state index in [1.807, 2.05) is 25.1 Å². The normalized spacial score (nSPS) is 11.7. The highest BCUT2D eigenvalue weighted by Gasteiger charge is 2.14. The van der Waals surface area contributed by atoms with E-state index in [0.717, 1.165) is 22.6 Å². The number of aryl methyl sites for hydroxylation is 1. The van der Waals surface area contributed by atoms with Gasteiger partial charge in [-0.3, -0.25) is 0 Å². The summed E-state index contributed by atoms with van der Waals surface area (Å²) in [5.74, 6) is 1.36. The zero-order valence-electron chi connectivity index (χ0n) is 12.8. The zero-order valence-corrected chi connectivity index (χ0v) is 12.8. The van der Waals surface area contributed by atoms with Crippen LogP contribution in [0.25, 0.3) is 11.5 Å². The van der Waals surface area contributed by atoms with Gasteiger partial charge in [-0.05, 0) is 39.8 Å². The molecule has 0 atom stereocenters. The molecule has 2 aromatic rings. The third-order valence-electron chi connectivity index (χ3n) is 2.94. The van der Waals surface area contributed by atoms with E-state index >= 15 is 0 Å². The molecule has 4 heteroatoms. The van der Waals surface area contributed by atoms with Crippen LogP contribution in [0.5, 0.6) is 5.75 Å². The molecule has 0 bridgehead atoms. The Bertz CT molecular complexity index is 582. The largest absolute Gasteiger partial charge is 0.496 e. The van der Waals surface area contributed by atoms with Gasteiger partial charge < -0.3 is 14.5 Å². The molecule has 20 heavy (non-hydrogen) atoms. The molecule has 0 amide bonds. The van der Waals surface area contributed by atoms with Crippen LogP contribution >= 0.6 is 0 Å². The summed E-state index contributed by atoms with van der Waals surface area (Å²) in [4.78, 5) is 4.52. The van der Waals surface area contributed by atoms with Crippen molar-refractivity contribution in [3.8, 4) is 17.2 Å². The topological polar surface area (TPSA) is 47.3 Å². The summed E-state index contributed by atoms with van der Waals surface area (Å²) in [6, 6.07) is 5.96. The highest BCUT2D eigenvalue weighted by Crippen LogP contribution is 2.30. The second-order valence-electron chi connectivity index (χ2n) is 5.95. The van der Waals surface area contributed by atoms with E-state index in [0.29, 0.717) is 12.4 Å². The lowest BCUT2D eigenvalue weighted by atomic mass is 10.1. The van der Waals surface area contributed by atoms with Crippen molar-refractivity contribution in [2.75, 3.05) is 7.11 Å². The third kappa shape index (κ3) is 3.61. The van der Waals surface area contributed by atoms with Crippen LogP contribution in [0, 0.1) is 6.92 Å². The minimum atomic E-state index is 0.0557. The predicted octanol–water partition coefficient (Wildman–Crippen LogP) is 3.55. The van der Waals surface area contributed by atoms with Crippen molar-refractivity contribution in [2.24, 2.45) is 0 Å². The maximum absolute atomic E-state index is 5.58. The van der Waals surface area contributed by atoms with E-state index in [2.05, 4.69) is 31.1 Å². The molecule has 1 aromatic heterocycles. The zero-order chi connectivity index (χ0) is 14.8. The molecule has 4 nitrogen and oxygen atoms in total. The lowest BCUT2D eigenvalue weighted by molar-refractivity contribution is 0.414. The number of aromatic nitrogens is 1. The Kier molecular flexibility index (Phi) is 4.14. The maximum atomic E-state index is 5.58. The molecule has 1 heterocycles. The molecule has 0 saturated carbocycles. The summed E-state index contributed by atoms with van der Waals surface area (Å²) in [6.07, 6.45) is 1.69. The van der Waals surface area contributed by atoms with Crippen molar-refractivity contribution >= 4 is 0 Å². The first-order valence-corrected chi connectivity index (χ1v) is 6.73. The van der Waals surface area contributed by atoms with E-state index in [9.17, 15) is 0 Å². The van der Waals surface area contributed by atoms with Gasteiger partial charge in [-0.1, -0.05) is 11.6 Å². The monoisotopic (exact) mass is 274 g/mol. The second kappa shape index (κ2) is 5.67. The Morgan fingerprint density at radius 1 is 1.30 bits per heavy atom. The van der Waals surface area contributed by atoms with E-state index in [-0.39, 0.29) is 5.54 Å². The van der Waals surface area contributed by atoms with E-state index < -0.39 is 0 Å². The quantitative estimate of drug-likeness (QED) is 0.926. The van der Waals surface area contributed by atoms with Crippen LogP contribution in [0.15, 0.2) is 28.9 Å². The van der Waals surface area contributed by atoms with Crippen LogP contribution < -0.4 is 10.1 Å². The summed E-state index contributed by atoms with van der Waals surface area (Å²) in [7, 11) is 1.65. The molecule has 108 valence electrons. The Morgan fingerprint density at radius 3 is 2.70 bits per heavy atom. The number of nitrogens with zero attached hydrogens (tertiary/aromatic N) is 1. The van der Waals surface area contributed by atoms with Gasteiger partial charge in [0.15, 0.2) is 0 Å². The van der Waals surface area contributed by atoms with Gasteiger partial charge in [-0.25, -0.2) is 4.98 Å². The third-order valence-corrected chi connectivity index (χ3v) is 2.94. The van der Waals surface area contributed by atoms with Gasteiger partial charge in [0, 0.05) is 12.1 Å². The van der Waals surface area contributed by atoms with Crippen molar-refractivity contribution in [2.45, 2.75) is 39.8 Å². The number of hydrogen-bond donors (Lipinski definition) is 1. The van der Waals surface area contributed by atoms with Crippen LogP contribution in [0.4, 0.5) is 0 Å². The predicted molar refractivity (Wildman–Crippen MR) is 79.8 cm³/mol. The van der Waals surface area contributed by atoms with Crippen LogP contribution in [0.1, 0.15) is 32.0 Å². The van der Waals surface area contributed by atoms with E-state index in [1.165, 1.54) is 0 Å². The molecule has 1 N–H and O–H groups in total. The highest BCUT2D eigenvalue weighted by atomic mass is 16.5. The van der Waals surface area contributed by atoms with Crippen molar-refractivity contribution in [3.05, 3.63) is 35.7 Å². The smallest absolute Gasteiger partial charge is 0.229 e. The summed E-state index contributed by atoms with van der Waals surface area (Å²) in [5, 5.41) is 3.39. The molecule has 2 rings (SSSR count). The fourth-order valence-corrected chi connectivity index (χ4v) is 1.86. The lowest BCUT2D eigenvalue weighted by Gasteiger charge is -2.19. The first kappa shape index (κ1) is 14.6. The molecule has 0 aliphatic rings. The van der Waals surface area contributed by atoms with Gasteiger partial charge in [-0.2, -0.15) is 0 Å². The lowest BCUT2D eigenvalue weighted by Crippen LogP contribution is -2.35. The Hall–Kier alpha value is -1.81. The second-order valence-corrected chi connectivity index (χ2v) is 5.95. The molecule has 1 aromatic carbocycles. The molecular weight excluding hydrogens is 252 g/mol. The molecular formula is C16H22N2O2. The summed E-state index contributed by atoms with van der Waals surface area (Å²) < 4.78 is 10.9. The first-order valence-electron chi connectivity index (χ1n) is 6.73. The van der Waals surface area contributed by atoms with Gasteiger partial charge in [0.1, 0.15) is 12.0 Å². The summed E-state index contributed by atoms with van der Waals surface area (Å²) in [5.41, 5.74) is 2.97. The minimum absolute atomic E-state index is 0.0557. The molecule has 0 saturated heterocycles. The van der Waals surface area contributed by atoms with Gasteiger partial charge >= 0.3 is 0 Å². The molecule has 0 unspecified atom stereocenters. The molecule has 0 aliphatic heterocycles. The fourth-order valence-electron chi connectivity index (χ4n) is 1.86. The van der Waals surface area contributed by atoms with Gasteiger partial charge in [0.25, 0.3) is 0 Å². The molecule has 0 aliphatic carbocycles. The van der Waals surface area contributed by atoms with E-state index in [1.54, 1.807) is 13.4 Å². The van der Waals surface area contributed by atoms with Crippen molar-refractivity contribution < 1.29 is 9.15 Å². The Balaban J connectivity index is 2.22. The van der Waals surface area contributed by atoms with Crippen LogP contribution in [-0.2, 0) is 6.54 Å². The van der Waals surface area contributed by atoms with Gasteiger partial charge in [0.05, 0.1) is 18.4 Å². The Labute approximate surface area is 120 Å². The number of rotatable bonds is 4. The van der Waals surface area contributed by atoms with Gasteiger partial charge in [0.2, 0.25) is 5.89 Å². The summed E-state index contributed by atoms with van der Waals surface area (Å²) in [6.45, 7) is 9.09. The number of oxazole rings is 1. The van der Waals surface area contributed by atoms with Crippen LogP contribution in [0.2, 0.25) is 0 Å². The van der Waals surface area contributed by atoms with Crippen molar-refractivity contribution in [3.63, 3.8) is 0 Å². The number of nitrogens with one attached hydrogen (secondary N) is 1. The minimum Gasteiger partial charge on any atom is -0.496 e. The first-order chi connectivity index (χ1) is 9.39. The molecule has 0 spiro atoms. The van der Waals surface area contributed by atoms with E-state index in [4.69, 9.17) is 9.15 Å². The van der Waals surface area contributed by atoms with Crippen molar-refractivity contribution in [1.82, 2.24) is 10.3 Å². The average Bonchev–Trinajstić information content (AvgIpc) is 2.84. The number of hydrogen-bond acceptors (Lipinski definition) is 4. The number of methoxy groups -OCH3 is 1. The average molecular weight is 274 g/mol. The summed E-state index contributed by atoms with van der Waals surface area (Å²) >= 11 is 0. The number of benzene rings is 1. The molecule has 0 radical (unpaired) electrons. The van der Waals surface area contributed by atoms with Crippen molar-refractivity contribution in [1.29, 1.82) is 0 Å². The SMILES string of the molecule is COc1ccc(C)cc1-c1nc(CNC(C)(C)C)co1. The maximum Gasteiger partial charge on any atom is 0.229 e. The van der Waals surface area contributed by atoms with Gasteiger partial charge in [-0.15, -0.1) is 0 Å². The van der Waals surface area contributed by atoms with Crippen LogP contribution in [0.3, 0.4) is 0 Å². The fraction of sp³-hybridized carbons (Fsp3) is 0.438. The Morgan fingerprint density at radius 2 is 2.05 bits per heavy atom. The standard InChI is InChI=1S/C16H22N2O2/c1-11-6-7-14(19-5)13(8-11)15-18-12(10-20-15)9-17-16(2,3)4/h6-8,10,17H,9H2,1-5H3. The van der Waals surface area contributed by atoms with Crippen LogP contribution in [-0.4, -0.2) is 17.6 Å².